The molecule has 0 spiro atoms. The van der Waals surface area contributed by atoms with Crippen LogP contribution in [0.4, 0.5) is 5.69 Å². The molecule has 0 saturated heterocycles. The molecule has 1 aromatic carbocycles. The molecule has 0 heterocycles. The van der Waals surface area contributed by atoms with Crippen LogP contribution >= 0.6 is 12.4 Å². The Hall–Kier alpha value is -1.82. The highest BCUT2D eigenvalue weighted by Crippen LogP contribution is 2.47. The van der Waals surface area contributed by atoms with Crippen LogP contribution in [0.1, 0.15) is 49.4 Å². The fourth-order valence-electron chi connectivity index (χ4n) is 3.40. The molecule has 0 radical (unpaired) electrons. The van der Waals surface area contributed by atoms with E-state index < -0.39 is 5.97 Å². The summed E-state index contributed by atoms with van der Waals surface area (Å²) >= 11 is 0. The Bertz CT molecular complexity index is 573. The van der Waals surface area contributed by atoms with Crippen molar-refractivity contribution in [3.8, 4) is 17.2 Å². The van der Waals surface area contributed by atoms with E-state index >= 15 is 0 Å². The second kappa shape index (κ2) is 8.87. The third-order valence-electron chi connectivity index (χ3n) is 4.49. The van der Waals surface area contributed by atoms with Crippen LogP contribution in [0, 0.1) is 0 Å². The summed E-state index contributed by atoms with van der Waals surface area (Å²) in [5.74, 6) is -0.966. The summed E-state index contributed by atoms with van der Waals surface area (Å²) in [4.78, 5) is 13.8. The number of hydrogen-bond donors (Lipinski definition) is 2. The summed E-state index contributed by atoms with van der Waals surface area (Å²) in [7, 11) is 2.82. The van der Waals surface area contributed by atoms with E-state index in [2.05, 4.69) is 0 Å². The maximum Gasteiger partial charge on any atom is 0.338 e. The third kappa shape index (κ3) is 3.80. The fraction of sp³-hybridized carbons (Fsp3) is 0.588. The molecule has 1 saturated carbocycles. The van der Waals surface area contributed by atoms with Crippen molar-refractivity contribution in [3.63, 3.8) is 0 Å². The lowest BCUT2D eigenvalue weighted by molar-refractivity contribution is 0.0696. The Morgan fingerprint density at radius 3 is 2.33 bits per heavy atom. The number of carbonyl (C=O) groups is 1. The summed E-state index contributed by atoms with van der Waals surface area (Å²) in [6, 6.07) is 1.62. The number of benzene rings is 1. The normalized spacial score (nSPS) is 14.6. The van der Waals surface area contributed by atoms with Crippen molar-refractivity contribution in [3.05, 3.63) is 11.6 Å². The molecule has 0 aromatic heterocycles. The molecule has 1 aliphatic rings. The molecule has 136 valence electrons. The Kier molecular flexibility index (Phi) is 7.48. The first kappa shape index (κ1) is 20.2. The largest absolute Gasteiger partial charge is 0.502 e. The number of carboxylic acids is 1. The van der Waals surface area contributed by atoms with Crippen LogP contribution < -0.4 is 14.4 Å². The first-order valence-electron chi connectivity index (χ1n) is 8.03. The number of rotatable bonds is 6. The number of aromatic hydroxyl groups is 1. The second-order valence-corrected chi connectivity index (χ2v) is 5.74. The van der Waals surface area contributed by atoms with Crippen LogP contribution in [0.15, 0.2) is 6.07 Å². The van der Waals surface area contributed by atoms with Crippen molar-refractivity contribution in [1.29, 1.82) is 0 Å². The quantitative estimate of drug-likeness (QED) is 0.806. The van der Waals surface area contributed by atoms with Gasteiger partial charge in [0.2, 0.25) is 5.75 Å². The Labute approximate surface area is 148 Å². The molecule has 1 fully saturated rings. The molecule has 7 heteroatoms. The van der Waals surface area contributed by atoms with Gasteiger partial charge in [-0.1, -0.05) is 19.3 Å². The smallest absolute Gasteiger partial charge is 0.338 e. The number of carboxylic acid groups (broad SMARTS) is 1. The van der Waals surface area contributed by atoms with Crippen molar-refractivity contribution in [2.24, 2.45) is 0 Å². The van der Waals surface area contributed by atoms with Crippen LogP contribution in [0.3, 0.4) is 0 Å². The second-order valence-electron chi connectivity index (χ2n) is 5.74. The number of methoxy groups -OCH3 is 2. The molecule has 0 atom stereocenters. The van der Waals surface area contributed by atoms with E-state index in [0.29, 0.717) is 12.2 Å². The average molecular weight is 360 g/mol. The van der Waals surface area contributed by atoms with E-state index in [1.807, 2.05) is 11.8 Å². The fourth-order valence-corrected chi connectivity index (χ4v) is 3.40. The molecular formula is C17H26ClNO5. The lowest BCUT2D eigenvalue weighted by Gasteiger charge is -2.37. The lowest BCUT2D eigenvalue weighted by Crippen LogP contribution is -2.38. The molecule has 0 aliphatic heterocycles. The molecule has 0 bridgehead atoms. The van der Waals surface area contributed by atoms with Crippen LogP contribution in [-0.2, 0) is 0 Å². The molecule has 2 N–H and O–H groups in total. The Morgan fingerprint density at radius 2 is 1.88 bits per heavy atom. The van der Waals surface area contributed by atoms with Crippen LogP contribution in [0.25, 0.3) is 0 Å². The number of nitrogens with zero attached hydrogens (tertiary/aromatic N) is 1. The molecule has 6 nitrogen and oxygen atoms in total. The molecule has 0 unspecified atom stereocenters. The van der Waals surface area contributed by atoms with Crippen molar-refractivity contribution in [2.45, 2.75) is 45.1 Å². The predicted molar refractivity (Wildman–Crippen MR) is 95.3 cm³/mol. The first-order valence-corrected chi connectivity index (χ1v) is 8.03. The van der Waals surface area contributed by atoms with Gasteiger partial charge in [-0.2, -0.15) is 0 Å². The van der Waals surface area contributed by atoms with Gasteiger partial charge in [-0.15, -0.1) is 12.4 Å². The first-order chi connectivity index (χ1) is 11.0. The average Bonchev–Trinajstić information content (AvgIpc) is 2.56. The minimum atomic E-state index is -1.06. The minimum Gasteiger partial charge on any atom is -0.502 e. The summed E-state index contributed by atoms with van der Waals surface area (Å²) in [6.45, 7) is 2.63. The van der Waals surface area contributed by atoms with Gasteiger partial charge in [-0.3, -0.25) is 0 Å². The number of aromatic carboxylic acids is 1. The van der Waals surface area contributed by atoms with Gasteiger partial charge in [0.15, 0.2) is 11.5 Å². The number of phenols is 1. The van der Waals surface area contributed by atoms with Gasteiger partial charge < -0.3 is 24.6 Å². The van der Waals surface area contributed by atoms with Gasteiger partial charge >= 0.3 is 5.97 Å². The van der Waals surface area contributed by atoms with Gasteiger partial charge in [0.05, 0.1) is 25.5 Å². The molecule has 1 aromatic rings. The number of hydrogen-bond acceptors (Lipinski definition) is 5. The van der Waals surface area contributed by atoms with Gasteiger partial charge in [0.25, 0.3) is 0 Å². The molecule has 2 rings (SSSR count). The van der Waals surface area contributed by atoms with Crippen LogP contribution in [-0.4, -0.2) is 43.0 Å². The number of anilines is 1. The molecule has 0 amide bonds. The maximum absolute atomic E-state index is 11.8. The van der Waals surface area contributed by atoms with E-state index in [1.165, 1.54) is 26.7 Å². The van der Waals surface area contributed by atoms with Crippen LogP contribution in [0.5, 0.6) is 17.2 Å². The monoisotopic (exact) mass is 359 g/mol. The Morgan fingerprint density at radius 1 is 1.25 bits per heavy atom. The molecule has 24 heavy (non-hydrogen) atoms. The molecular weight excluding hydrogens is 334 g/mol. The highest BCUT2D eigenvalue weighted by Gasteiger charge is 2.30. The summed E-state index contributed by atoms with van der Waals surface area (Å²) in [5, 5.41) is 20.0. The predicted octanol–water partition coefficient (Wildman–Crippen LogP) is 3.69. The zero-order valence-electron chi connectivity index (χ0n) is 14.4. The van der Waals surface area contributed by atoms with E-state index in [0.717, 1.165) is 25.7 Å². The van der Waals surface area contributed by atoms with Gasteiger partial charge in [-0.05, 0) is 19.8 Å². The minimum absolute atomic E-state index is 0. The summed E-state index contributed by atoms with van der Waals surface area (Å²) < 4.78 is 10.4. The zero-order chi connectivity index (χ0) is 17.0. The van der Waals surface area contributed by atoms with E-state index in [9.17, 15) is 15.0 Å². The number of phenolic OH excluding ortho intramolecular Hbond substituents is 1. The van der Waals surface area contributed by atoms with Gasteiger partial charge in [-0.25, -0.2) is 4.79 Å². The lowest BCUT2D eigenvalue weighted by atomic mass is 9.93. The zero-order valence-corrected chi connectivity index (χ0v) is 15.2. The topological polar surface area (TPSA) is 79.2 Å². The van der Waals surface area contributed by atoms with E-state index in [1.54, 1.807) is 0 Å². The molecule has 1 aliphatic carbocycles. The third-order valence-corrected chi connectivity index (χ3v) is 4.49. The summed E-state index contributed by atoms with van der Waals surface area (Å²) in [5.41, 5.74) is 0.525. The van der Waals surface area contributed by atoms with Crippen molar-refractivity contribution >= 4 is 24.1 Å². The van der Waals surface area contributed by atoms with Crippen molar-refractivity contribution in [1.82, 2.24) is 0 Å². The van der Waals surface area contributed by atoms with Gasteiger partial charge in [0, 0.05) is 18.7 Å². The standard InChI is InChI=1S/C17H25NO5.ClH/c1-4-18(11-8-6-5-7-9-11)14-12(17(20)21)10-13(22-2)15(19)16(14)23-3;/h10-11,19H,4-9H2,1-3H3,(H,20,21);1H. The van der Waals surface area contributed by atoms with Crippen LogP contribution in [0.2, 0.25) is 0 Å². The van der Waals surface area contributed by atoms with Gasteiger partial charge in [0.1, 0.15) is 0 Å². The Balaban J connectivity index is 0.00000288. The number of ether oxygens (including phenoxy) is 2. The number of halogens is 1. The summed E-state index contributed by atoms with van der Waals surface area (Å²) in [6.07, 6.45) is 5.51. The maximum atomic E-state index is 11.8. The SMILES string of the molecule is CCN(c1c(C(=O)O)cc(OC)c(O)c1OC)C1CCCCC1.Cl. The van der Waals surface area contributed by atoms with E-state index in [-0.39, 0.29) is 41.3 Å². The highest BCUT2D eigenvalue weighted by molar-refractivity contribution is 5.98. The van der Waals surface area contributed by atoms with Crippen molar-refractivity contribution < 1.29 is 24.5 Å². The van der Waals surface area contributed by atoms with Crippen molar-refractivity contribution in [2.75, 3.05) is 25.7 Å². The van der Waals surface area contributed by atoms with E-state index in [4.69, 9.17) is 9.47 Å². The highest BCUT2D eigenvalue weighted by atomic mass is 35.5.